The molecule has 1 atom stereocenters. The van der Waals surface area contributed by atoms with Gasteiger partial charge in [0.2, 0.25) is 0 Å². The highest BCUT2D eigenvalue weighted by atomic mass is 32.1. The third-order valence-corrected chi connectivity index (χ3v) is 4.95. The van der Waals surface area contributed by atoms with E-state index in [1.807, 2.05) is 25.1 Å². The maximum absolute atomic E-state index is 12.3. The third kappa shape index (κ3) is 4.29. The molecule has 0 aliphatic heterocycles. The molecule has 0 aliphatic carbocycles. The standard InChI is InChI=1S/C19H16N2O5S/c1-11-4-3-5-14(8-11)20-18(22)12(2)26-19(23)17-10-13-9-15(21(24)25)6-7-16(13)27-17/h3-10,12H,1-2H3,(H,20,22)/t12-/m1/s1. The van der Waals surface area contributed by atoms with Gasteiger partial charge >= 0.3 is 5.97 Å². The molecule has 0 radical (unpaired) electrons. The van der Waals surface area contributed by atoms with Gasteiger partial charge in [0.05, 0.1) is 4.92 Å². The van der Waals surface area contributed by atoms with E-state index < -0.39 is 22.9 Å². The van der Waals surface area contributed by atoms with E-state index >= 15 is 0 Å². The molecule has 0 spiro atoms. The first-order valence-corrected chi connectivity index (χ1v) is 8.91. The first kappa shape index (κ1) is 18.5. The van der Waals surface area contributed by atoms with Crippen LogP contribution in [0.1, 0.15) is 22.2 Å². The summed E-state index contributed by atoms with van der Waals surface area (Å²) < 4.78 is 5.96. The van der Waals surface area contributed by atoms with Crippen LogP contribution in [0.15, 0.2) is 48.5 Å². The zero-order valence-corrected chi connectivity index (χ0v) is 15.4. The fourth-order valence-electron chi connectivity index (χ4n) is 2.48. The number of aryl methyl sites for hydroxylation is 1. The number of carbonyl (C=O) groups is 2. The molecule has 8 heteroatoms. The Morgan fingerprint density at radius 1 is 1.19 bits per heavy atom. The molecule has 0 unspecified atom stereocenters. The summed E-state index contributed by atoms with van der Waals surface area (Å²) in [6.07, 6.45) is -0.988. The van der Waals surface area contributed by atoms with Crippen molar-refractivity contribution in [3.63, 3.8) is 0 Å². The van der Waals surface area contributed by atoms with Gasteiger partial charge in [0, 0.05) is 27.9 Å². The van der Waals surface area contributed by atoms with Gasteiger partial charge in [-0.25, -0.2) is 4.79 Å². The number of amides is 1. The number of ether oxygens (including phenoxy) is 1. The maximum atomic E-state index is 12.3. The van der Waals surface area contributed by atoms with Gasteiger partial charge in [-0.3, -0.25) is 14.9 Å². The van der Waals surface area contributed by atoms with Crippen molar-refractivity contribution in [3.05, 3.63) is 69.1 Å². The summed E-state index contributed by atoms with van der Waals surface area (Å²) in [5.74, 6) is -1.09. The number of hydrogen-bond donors (Lipinski definition) is 1. The average molecular weight is 384 g/mol. The molecule has 7 nitrogen and oxygen atoms in total. The number of thiophene rings is 1. The van der Waals surface area contributed by atoms with Gasteiger partial charge in [0.1, 0.15) is 4.88 Å². The molecule has 3 aromatic rings. The molecule has 0 bridgehead atoms. The second kappa shape index (κ2) is 7.55. The highest BCUT2D eigenvalue weighted by Crippen LogP contribution is 2.29. The van der Waals surface area contributed by atoms with E-state index in [1.54, 1.807) is 12.1 Å². The minimum atomic E-state index is -0.988. The number of esters is 1. The van der Waals surface area contributed by atoms with E-state index in [2.05, 4.69) is 5.32 Å². The van der Waals surface area contributed by atoms with Crippen LogP contribution >= 0.6 is 11.3 Å². The maximum Gasteiger partial charge on any atom is 0.349 e. The summed E-state index contributed by atoms with van der Waals surface area (Å²) >= 11 is 1.16. The number of hydrogen-bond acceptors (Lipinski definition) is 6. The minimum absolute atomic E-state index is 0.0499. The molecule has 138 valence electrons. The zero-order chi connectivity index (χ0) is 19.6. The van der Waals surface area contributed by atoms with Gasteiger partial charge < -0.3 is 10.1 Å². The summed E-state index contributed by atoms with van der Waals surface area (Å²) in [5.41, 5.74) is 1.57. The number of carbonyl (C=O) groups excluding carboxylic acids is 2. The average Bonchev–Trinajstić information content (AvgIpc) is 3.05. The van der Waals surface area contributed by atoms with Gasteiger partial charge in [-0.05, 0) is 43.7 Å². The number of anilines is 1. The Morgan fingerprint density at radius 3 is 2.67 bits per heavy atom. The fraction of sp³-hybridized carbons (Fsp3) is 0.158. The molecule has 0 saturated heterocycles. The predicted molar refractivity (Wildman–Crippen MR) is 103 cm³/mol. The molecule has 1 aromatic heterocycles. The quantitative estimate of drug-likeness (QED) is 0.402. The van der Waals surface area contributed by atoms with E-state index in [1.165, 1.54) is 25.1 Å². The van der Waals surface area contributed by atoms with Crippen molar-refractivity contribution in [1.29, 1.82) is 0 Å². The SMILES string of the molecule is Cc1cccc(NC(=O)[C@@H](C)OC(=O)c2cc3cc([N+](=O)[O-])ccc3s2)c1. The summed E-state index contributed by atoms with van der Waals surface area (Å²) in [4.78, 5) is 35.2. The molecule has 3 rings (SSSR count). The smallest absolute Gasteiger partial charge is 0.349 e. The van der Waals surface area contributed by atoms with Crippen LogP contribution in [-0.4, -0.2) is 22.9 Å². The number of benzene rings is 2. The van der Waals surface area contributed by atoms with E-state index in [0.29, 0.717) is 11.1 Å². The number of nitrogens with one attached hydrogen (secondary N) is 1. The van der Waals surface area contributed by atoms with Crippen molar-refractivity contribution in [2.24, 2.45) is 0 Å². The molecule has 1 N–H and O–H groups in total. The fourth-order valence-corrected chi connectivity index (χ4v) is 3.41. The molecule has 27 heavy (non-hydrogen) atoms. The van der Waals surface area contributed by atoms with Gasteiger partial charge in [-0.2, -0.15) is 0 Å². The van der Waals surface area contributed by atoms with Gasteiger partial charge in [-0.1, -0.05) is 12.1 Å². The van der Waals surface area contributed by atoms with E-state index in [0.717, 1.165) is 21.6 Å². The largest absolute Gasteiger partial charge is 0.448 e. The molecule has 0 saturated carbocycles. The molecule has 0 aliphatic rings. The number of nitrogens with zero attached hydrogens (tertiary/aromatic N) is 1. The Labute approximate surface area is 158 Å². The minimum Gasteiger partial charge on any atom is -0.448 e. The van der Waals surface area contributed by atoms with E-state index in [-0.39, 0.29) is 10.6 Å². The van der Waals surface area contributed by atoms with Crippen LogP contribution in [0.2, 0.25) is 0 Å². The zero-order valence-electron chi connectivity index (χ0n) is 14.6. The second-order valence-corrected chi connectivity index (χ2v) is 7.08. The lowest BCUT2D eigenvalue weighted by atomic mass is 10.2. The number of nitro benzene ring substituents is 1. The Kier molecular flexibility index (Phi) is 5.18. The monoisotopic (exact) mass is 384 g/mol. The van der Waals surface area contributed by atoms with Gasteiger partial charge in [-0.15, -0.1) is 11.3 Å². The topological polar surface area (TPSA) is 98.5 Å². The predicted octanol–water partition coefficient (Wildman–Crippen LogP) is 4.30. The van der Waals surface area contributed by atoms with Crippen LogP contribution in [-0.2, 0) is 9.53 Å². The highest BCUT2D eigenvalue weighted by molar-refractivity contribution is 7.20. The first-order chi connectivity index (χ1) is 12.8. The first-order valence-electron chi connectivity index (χ1n) is 8.10. The van der Waals surface area contributed by atoms with Crippen LogP contribution in [0.4, 0.5) is 11.4 Å². The van der Waals surface area contributed by atoms with Crippen LogP contribution in [0.3, 0.4) is 0 Å². The molecular weight excluding hydrogens is 368 g/mol. The number of non-ortho nitro benzene ring substituents is 1. The second-order valence-electron chi connectivity index (χ2n) is 6.00. The van der Waals surface area contributed by atoms with Gasteiger partial charge in [0.25, 0.3) is 11.6 Å². The van der Waals surface area contributed by atoms with Crippen LogP contribution in [0, 0.1) is 17.0 Å². The summed E-state index contributed by atoms with van der Waals surface area (Å²) in [7, 11) is 0. The number of nitro groups is 1. The van der Waals surface area contributed by atoms with E-state index in [9.17, 15) is 19.7 Å². The molecule has 1 heterocycles. The Bertz CT molecular complexity index is 1040. The number of fused-ring (bicyclic) bond motifs is 1. The van der Waals surface area contributed by atoms with E-state index in [4.69, 9.17) is 4.74 Å². The summed E-state index contributed by atoms with van der Waals surface area (Å²) in [6.45, 7) is 3.39. The Balaban J connectivity index is 1.69. The number of rotatable bonds is 5. The molecule has 1 amide bonds. The summed E-state index contributed by atoms with van der Waals surface area (Å²) in [5, 5.41) is 14.1. The molecule has 0 fully saturated rings. The normalized spacial score (nSPS) is 11.8. The van der Waals surface area contributed by atoms with Crippen molar-refractivity contribution in [2.45, 2.75) is 20.0 Å². The third-order valence-electron chi connectivity index (χ3n) is 3.85. The van der Waals surface area contributed by atoms with Crippen LogP contribution in [0.5, 0.6) is 0 Å². The van der Waals surface area contributed by atoms with Crippen LogP contribution in [0.25, 0.3) is 10.1 Å². The summed E-state index contributed by atoms with van der Waals surface area (Å²) in [6, 6.07) is 13.2. The highest BCUT2D eigenvalue weighted by Gasteiger charge is 2.21. The van der Waals surface area contributed by atoms with Crippen molar-refractivity contribution >= 4 is 44.7 Å². The van der Waals surface area contributed by atoms with Crippen molar-refractivity contribution in [1.82, 2.24) is 0 Å². The van der Waals surface area contributed by atoms with Crippen molar-refractivity contribution in [2.75, 3.05) is 5.32 Å². The molecular formula is C19H16N2O5S. The van der Waals surface area contributed by atoms with Crippen molar-refractivity contribution < 1.29 is 19.2 Å². The Morgan fingerprint density at radius 2 is 1.96 bits per heavy atom. The van der Waals surface area contributed by atoms with Crippen molar-refractivity contribution in [3.8, 4) is 0 Å². The van der Waals surface area contributed by atoms with Gasteiger partial charge in [0.15, 0.2) is 6.10 Å². The Hall–Kier alpha value is -3.26. The lowest BCUT2D eigenvalue weighted by molar-refractivity contribution is -0.384. The lowest BCUT2D eigenvalue weighted by Crippen LogP contribution is -2.29. The van der Waals surface area contributed by atoms with Crippen LogP contribution < -0.4 is 5.32 Å². The lowest BCUT2D eigenvalue weighted by Gasteiger charge is -2.13. The molecule has 2 aromatic carbocycles.